The average Bonchev–Trinajstić information content (AvgIpc) is 2.53. The van der Waals surface area contributed by atoms with Crippen LogP contribution in [0, 0.1) is 17.8 Å². The number of rotatable bonds is 13. The lowest BCUT2D eigenvalue weighted by Gasteiger charge is -2.20. The third-order valence-corrected chi connectivity index (χ3v) is 4.62. The zero-order chi connectivity index (χ0) is 17.1. The van der Waals surface area contributed by atoms with Crippen molar-refractivity contribution in [1.29, 1.82) is 0 Å². The number of Topliss-reactive ketones (excluding diaryl/α,β-unsaturated/α-hetero) is 2. The Morgan fingerprint density at radius 1 is 1.05 bits per heavy atom. The van der Waals surface area contributed by atoms with Gasteiger partial charge >= 0.3 is 0 Å². The maximum Gasteiger partial charge on any atom is 0.141 e. The van der Waals surface area contributed by atoms with Gasteiger partial charge in [0, 0.05) is 31.0 Å². The molecule has 0 saturated heterocycles. The molecule has 1 N–H and O–H groups in total. The number of hydrogen-bond acceptors (Lipinski definition) is 3. The van der Waals surface area contributed by atoms with Crippen LogP contribution >= 0.6 is 0 Å². The minimum atomic E-state index is -0.109. The molecule has 0 spiro atoms. The predicted molar refractivity (Wildman–Crippen MR) is 93.7 cm³/mol. The summed E-state index contributed by atoms with van der Waals surface area (Å²) in [5, 5.41) is 3.03. The summed E-state index contributed by atoms with van der Waals surface area (Å²) in [6.07, 6.45) is 6.05. The summed E-state index contributed by atoms with van der Waals surface area (Å²) in [7, 11) is 1.82. The standard InChI is InChI=1S/C19H35NO2/c1-7-9-13-18(21)17(16(5)20-6)12-10-11-15(4)19(22)14(3)8-2/h14-15,17,20H,5,7-13H2,1-4,6H3. The first-order chi connectivity index (χ1) is 10.4. The molecule has 0 aromatic rings. The third kappa shape index (κ3) is 7.24. The molecular formula is C19H35NO2. The summed E-state index contributed by atoms with van der Waals surface area (Å²) < 4.78 is 0. The average molecular weight is 309 g/mol. The number of carbonyl (C=O) groups is 2. The molecule has 3 unspecified atom stereocenters. The Bertz CT molecular complexity index is 362. The first kappa shape index (κ1) is 20.9. The summed E-state index contributed by atoms with van der Waals surface area (Å²) in [6, 6.07) is 0. The van der Waals surface area contributed by atoms with E-state index in [1.165, 1.54) is 0 Å². The van der Waals surface area contributed by atoms with Crippen molar-refractivity contribution >= 4 is 11.6 Å². The molecule has 0 saturated carbocycles. The van der Waals surface area contributed by atoms with E-state index >= 15 is 0 Å². The molecular weight excluding hydrogens is 274 g/mol. The van der Waals surface area contributed by atoms with Crippen LogP contribution in [-0.2, 0) is 9.59 Å². The van der Waals surface area contributed by atoms with Gasteiger partial charge in [-0.3, -0.25) is 9.59 Å². The molecule has 3 heteroatoms. The summed E-state index contributed by atoms with van der Waals surface area (Å²) in [6.45, 7) is 12.1. The molecule has 0 amide bonds. The van der Waals surface area contributed by atoms with Crippen LogP contribution in [0.25, 0.3) is 0 Å². The highest BCUT2D eigenvalue weighted by Crippen LogP contribution is 2.22. The van der Waals surface area contributed by atoms with Crippen LogP contribution in [0.3, 0.4) is 0 Å². The largest absolute Gasteiger partial charge is 0.391 e. The van der Waals surface area contributed by atoms with Crippen molar-refractivity contribution in [2.24, 2.45) is 17.8 Å². The van der Waals surface area contributed by atoms with Gasteiger partial charge in [0.2, 0.25) is 0 Å². The molecule has 0 fully saturated rings. The number of allylic oxidation sites excluding steroid dienone is 1. The SMILES string of the molecule is C=C(NC)C(CCCC(C)C(=O)C(C)CC)C(=O)CCCC. The van der Waals surface area contributed by atoms with Crippen LogP contribution in [0.5, 0.6) is 0 Å². The highest BCUT2D eigenvalue weighted by Gasteiger charge is 2.22. The predicted octanol–water partition coefficient (Wildman–Crippen LogP) is 4.52. The van der Waals surface area contributed by atoms with Crippen LogP contribution in [0.15, 0.2) is 12.3 Å². The van der Waals surface area contributed by atoms with Crippen molar-refractivity contribution in [2.45, 2.75) is 72.6 Å². The van der Waals surface area contributed by atoms with Crippen molar-refractivity contribution in [3.8, 4) is 0 Å². The van der Waals surface area contributed by atoms with Gasteiger partial charge in [0.05, 0.1) is 5.92 Å². The van der Waals surface area contributed by atoms with Crippen molar-refractivity contribution in [3.63, 3.8) is 0 Å². The highest BCUT2D eigenvalue weighted by atomic mass is 16.1. The fourth-order valence-electron chi connectivity index (χ4n) is 2.69. The van der Waals surface area contributed by atoms with Gasteiger partial charge in [-0.1, -0.05) is 47.1 Å². The Balaban J connectivity index is 4.43. The van der Waals surface area contributed by atoms with Gasteiger partial charge in [-0.05, 0) is 25.7 Å². The molecule has 0 radical (unpaired) electrons. The summed E-state index contributed by atoms with van der Waals surface area (Å²) >= 11 is 0. The number of nitrogens with one attached hydrogen (secondary N) is 1. The first-order valence-electron chi connectivity index (χ1n) is 8.81. The number of unbranched alkanes of at least 4 members (excludes halogenated alkanes) is 1. The maximum absolute atomic E-state index is 12.3. The van der Waals surface area contributed by atoms with Crippen molar-refractivity contribution < 1.29 is 9.59 Å². The molecule has 0 rings (SSSR count). The van der Waals surface area contributed by atoms with E-state index in [0.29, 0.717) is 12.2 Å². The Hall–Kier alpha value is -1.12. The second kappa shape index (κ2) is 11.4. The van der Waals surface area contributed by atoms with E-state index in [9.17, 15) is 9.59 Å². The fourth-order valence-corrected chi connectivity index (χ4v) is 2.69. The summed E-state index contributed by atoms with van der Waals surface area (Å²) in [5.74, 6) is 0.752. The second-order valence-electron chi connectivity index (χ2n) is 6.44. The molecule has 0 aliphatic carbocycles. The Labute approximate surface area is 136 Å². The normalized spacial score (nSPS) is 15.0. The van der Waals surface area contributed by atoms with Crippen molar-refractivity contribution in [1.82, 2.24) is 5.32 Å². The molecule has 22 heavy (non-hydrogen) atoms. The zero-order valence-corrected chi connectivity index (χ0v) is 15.2. The van der Waals surface area contributed by atoms with E-state index in [2.05, 4.69) is 25.7 Å². The van der Waals surface area contributed by atoms with Gasteiger partial charge in [0.15, 0.2) is 0 Å². The lowest BCUT2D eigenvalue weighted by Crippen LogP contribution is -2.24. The molecule has 0 aliphatic rings. The summed E-state index contributed by atoms with van der Waals surface area (Å²) in [5.41, 5.74) is 0.807. The van der Waals surface area contributed by atoms with Gasteiger partial charge in [0.1, 0.15) is 11.6 Å². The van der Waals surface area contributed by atoms with Gasteiger partial charge in [0.25, 0.3) is 0 Å². The van der Waals surface area contributed by atoms with E-state index in [4.69, 9.17) is 0 Å². The quantitative estimate of drug-likeness (QED) is 0.544. The third-order valence-electron chi connectivity index (χ3n) is 4.62. The molecule has 0 aromatic carbocycles. The van der Waals surface area contributed by atoms with Gasteiger partial charge < -0.3 is 5.32 Å². The van der Waals surface area contributed by atoms with Gasteiger partial charge in [-0.15, -0.1) is 0 Å². The molecule has 128 valence electrons. The van der Waals surface area contributed by atoms with Crippen LogP contribution < -0.4 is 5.32 Å². The van der Waals surface area contributed by atoms with Crippen LogP contribution in [0.4, 0.5) is 0 Å². The molecule has 3 atom stereocenters. The lowest BCUT2D eigenvalue weighted by atomic mass is 9.86. The van der Waals surface area contributed by atoms with Gasteiger partial charge in [-0.25, -0.2) is 0 Å². The first-order valence-corrected chi connectivity index (χ1v) is 8.81. The Morgan fingerprint density at radius 2 is 1.68 bits per heavy atom. The van der Waals surface area contributed by atoms with E-state index < -0.39 is 0 Å². The van der Waals surface area contributed by atoms with E-state index in [-0.39, 0.29) is 23.5 Å². The highest BCUT2D eigenvalue weighted by molar-refractivity contribution is 5.83. The minimum absolute atomic E-state index is 0.0872. The molecule has 0 heterocycles. The Kier molecular flexibility index (Phi) is 10.9. The number of carbonyl (C=O) groups excluding carboxylic acids is 2. The Morgan fingerprint density at radius 3 is 2.18 bits per heavy atom. The lowest BCUT2D eigenvalue weighted by molar-refractivity contribution is -0.126. The summed E-state index contributed by atoms with van der Waals surface area (Å²) in [4.78, 5) is 24.4. The van der Waals surface area contributed by atoms with Crippen molar-refractivity contribution in [3.05, 3.63) is 12.3 Å². The zero-order valence-electron chi connectivity index (χ0n) is 15.2. The molecule has 0 aromatic heterocycles. The fraction of sp³-hybridized carbons (Fsp3) is 0.789. The number of ketones is 2. The van der Waals surface area contributed by atoms with Crippen LogP contribution in [-0.4, -0.2) is 18.6 Å². The van der Waals surface area contributed by atoms with Crippen LogP contribution in [0.2, 0.25) is 0 Å². The van der Waals surface area contributed by atoms with Crippen LogP contribution in [0.1, 0.15) is 72.6 Å². The minimum Gasteiger partial charge on any atom is -0.391 e. The van der Waals surface area contributed by atoms with E-state index in [1.807, 2.05) is 20.9 Å². The van der Waals surface area contributed by atoms with Crippen molar-refractivity contribution in [2.75, 3.05) is 7.05 Å². The van der Waals surface area contributed by atoms with Gasteiger partial charge in [-0.2, -0.15) is 0 Å². The monoisotopic (exact) mass is 309 g/mol. The number of hydrogen-bond donors (Lipinski definition) is 1. The second-order valence-corrected chi connectivity index (χ2v) is 6.44. The molecule has 3 nitrogen and oxygen atoms in total. The van der Waals surface area contributed by atoms with E-state index in [0.717, 1.165) is 44.2 Å². The van der Waals surface area contributed by atoms with E-state index in [1.54, 1.807) is 0 Å². The topological polar surface area (TPSA) is 46.2 Å². The molecule has 0 bridgehead atoms. The maximum atomic E-state index is 12.3. The smallest absolute Gasteiger partial charge is 0.141 e. The molecule has 0 aliphatic heterocycles.